The molecule has 8 heteroatoms. The number of hydrogen-bond acceptors (Lipinski definition) is 6. The molecule has 2 amide bonds. The van der Waals surface area contributed by atoms with Crippen molar-refractivity contribution in [2.75, 3.05) is 13.2 Å². The van der Waals surface area contributed by atoms with Crippen LogP contribution in [0, 0.1) is 11.8 Å². The Morgan fingerprint density at radius 3 is 1.96 bits per heavy atom. The number of benzene rings is 4. The second-order valence-electron chi connectivity index (χ2n) is 12.8. The number of hydrogen-bond donors (Lipinski definition) is 3. The normalized spacial score (nSPS) is 13.1. The molecular weight excluding hydrogens is 652 g/mol. The molecule has 0 bridgehead atoms. The van der Waals surface area contributed by atoms with E-state index in [0.29, 0.717) is 32.3 Å². The fourth-order valence-corrected chi connectivity index (χ4v) is 5.89. The second kappa shape index (κ2) is 21.7. The number of nitrogens with one attached hydrogen (secondary N) is 2. The Balaban J connectivity index is 1.33. The van der Waals surface area contributed by atoms with Gasteiger partial charge in [0.1, 0.15) is 18.5 Å². The van der Waals surface area contributed by atoms with E-state index in [4.69, 9.17) is 9.47 Å². The maximum atomic E-state index is 13.6. The molecule has 3 N–H and O–H groups in total. The molecule has 0 aliphatic rings. The largest absolute Gasteiger partial charge is 0.489 e. The smallest absolute Gasteiger partial charge is 0.309 e. The first-order chi connectivity index (χ1) is 25.4. The van der Waals surface area contributed by atoms with Crippen LogP contribution in [0.15, 0.2) is 141 Å². The lowest BCUT2D eigenvalue weighted by atomic mass is 9.94. The molecule has 4 aromatic carbocycles. The van der Waals surface area contributed by atoms with E-state index in [-0.39, 0.29) is 49.7 Å². The fourth-order valence-electron chi connectivity index (χ4n) is 5.89. The van der Waals surface area contributed by atoms with Crippen LogP contribution in [-0.4, -0.2) is 42.1 Å². The molecule has 0 aromatic heterocycles. The van der Waals surface area contributed by atoms with Gasteiger partial charge in [-0.1, -0.05) is 115 Å². The van der Waals surface area contributed by atoms with E-state index >= 15 is 0 Å². The number of aliphatic hydroxyl groups excluding tert-OH is 1. The number of carbonyl (C=O) groups is 3. The zero-order chi connectivity index (χ0) is 37.0. The van der Waals surface area contributed by atoms with Crippen molar-refractivity contribution in [1.29, 1.82) is 0 Å². The van der Waals surface area contributed by atoms with Gasteiger partial charge in [0.15, 0.2) is 0 Å². The van der Waals surface area contributed by atoms with E-state index in [9.17, 15) is 19.5 Å². The van der Waals surface area contributed by atoms with Gasteiger partial charge in [0, 0.05) is 6.42 Å². The van der Waals surface area contributed by atoms with Gasteiger partial charge >= 0.3 is 5.97 Å². The predicted octanol–water partition coefficient (Wildman–Crippen LogP) is 7.09. The van der Waals surface area contributed by atoms with Crippen molar-refractivity contribution >= 4 is 17.8 Å². The lowest BCUT2D eigenvalue weighted by Crippen LogP contribution is -2.42. The summed E-state index contributed by atoms with van der Waals surface area (Å²) in [7, 11) is 0. The van der Waals surface area contributed by atoms with E-state index in [1.165, 1.54) is 0 Å². The summed E-state index contributed by atoms with van der Waals surface area (Å²) in [5.41, 5.74) is 3.77. The summed E-state index contributed by atoms with van der Waals surface area (Å²) >= 11 is 0. The summed E-state index contributed by atoms with van der Waals surface area (Å²) in [6.07, 6.45) is 5.02. The van der Waals surface area contributed by atoms with Gasteiger partial charge in [0.2, 0.25) is 11.8 Å². The van der Waals surface area contributed by atoms with Crippen molar-refractivity contribution in [3.05, 3.63) is 163 Å². The maximum Gasteiger partial charge on any atom is 0.309 e. The Morgan fingerprint density at radius 2 is 1.35 bits per heavy atom. The van der Waals surface area contributed by atoms with Crippen LogP contribution in [0.25, 0.3) is 0 Å². The molecule has 0 aliphatic carbocycles. The monoisotopic (exact) mass is 702 g/mol. The molecule has 0 aliphatic heterocycles. The summed E-state index contributed by atoms with van der Waals surface area (Å²) in [4.78, 5) is 40.2. The number of ether oxygens (including phenoxy) is 2. The first kappa shape index (κ1) is 39.3. The molecule has 0 fully saturated rings. The third-order valence-corrected chi connectivity index (χ3v) is 8.76. The van der Waals surface area contributed by atoms with Crippen molar-refractivity contribution in [3.8, 4) is 5.75 Å². The molecule has 8 nitrogen and oxygen atoms in total. The minimum Gasteiger partial charge on any atom is -0.489 e. The Labute approximate surface area is 307 Å². The number of aliphatic hydroxyl groups is 1. The molecule has 0 saturated heterocycles. The third kappa shape index (κ3) is 13.3. The highest BCUT2D eigenvalue weighted by Crippen LogP contribution is 2.23. The average Bonchev–Trinajstić information content (AvgIpc) is 3.18. The van der Waals surface area contributed by atoms with Gasteiger partial charge in [-0.05, 0) is 66.5 Å². The molecule has 0 spiro atoms. The van der Waals surface area contributed by atoms with Gasteiger partial charge in [-0.3, -0.25) is 14.4 Å². The third-order valence-electron chi connectivity index (χ3n) is 8.76. The van der Waals surface area contributed by atoms with Crippen LogP contribution in [0.5, 0.6) is 5.75 Å². The first-order valence-corrected chi connectivity index (χ1v) is 17.8. The Bertz CT molecular complexity index is 1680. The Morgan fingerprint density at radius 1 is 0.731 bits per heavy atom. The first-order valence-electron chi connectivity index (χ1n) is 17.8. The van der Waals surface area contributed by atoms with Crippen molar-refractivity contribution in [2.24, 2.45) is 11.8 Å². The topological polar surface area (TPSA) is 114 Å². The van der Waals surface area contributed by atoms with Gasteiger partial charge in [0.25, 0.3) is 0 Å². The van der Waals surface area contributed by atoms with Crippen LogP contribution in [0.1, 0.15) is 54.0 Å². The Hall–Kier alpha value is -5.47. The van der Waals surface area contributed by atoms with Crippen molar-refractivity contribution < 1.29 is 29.0 Å². The minimum absolute atomic E-state index is 0.0354. The van der Waals surface area contributed by atoms with Crippen LogP contribution >= 0.6 is 0 Å². The molecule has 0 heterocycles. The minimum atomic E-state index is -0.730. The molecule has 4 rings (SSSR count). The quantitative estimate of drug-likeness (QED) is 0.0596. The van der Waals surface area contributed by atoms with Crippen molar-refractivity contribution in [2.45, 2.75) is 57.3 Å². The highest BCUT2D eigenvalue weighted by atomic mass is 16.5. The van der Waals surface area contributed by atoms with E-state index in [2.05, 4.69) is 23.8 Å². The Kier molecular flexibility index (Phi) is 16.4. The van der Waals surface area contributed by atoms with E-state index in [1.54, 1.807) is 12.2 Å². The SMILES string of the molecule is C=CCC[C@H](Cc1ccccc1)C(=O)O[C@@H](CNC(=O)[C@H](CC=C)CC(=O)N[C@H](CO)Cc1ccc(OCc2ccccc2)cc1)c1ccccc1. The fraction of sp³-hybridized carbons (Fsp3) is 0.295. The van der Waals surface area contributed by atoms with Crippen molar-refractivity contribution in [3.63, 3.8) is 0 Å². The number of rotatable bonds is 22. The zero-order valence-electron chi connectivity index (χ0n) is 29.7. The van der Waals surface area contributed by atoms with Crippen LogP contribution in [0.2, 0.25) is 0 Å². The lowest BCUT2D eigenvalue weighted by Gasteiger charge is -2.24. The zero-order valence-corrected chi connectivity index (χ0v) is 29.7. The highest BCUT2D eigenvalue weighted by Gasteiger charge is 2.27. The molecule has 4 atom stereocenters. The summed E-state index contributed by atoms with van der Waals surface area (Å²) in [5, 5.41) is 15.9. The van der Waals surface area contributed by atoms with Gasteiger partial charge in [-0.25, -0.2) is 0 Å². The molecule has 0 saturated carbocycles. The predicted molar refractivity (Wildman–Crippen MR) is 204 cm³/mol. The van der Waals surface area contributed by atoms with E-state index in [1.807, 2.05) is 115 Å². The van der Waals surface area contributed by atoms with Gasteiger partial charge in [0.05, 0.1) is 31.0 Å². The number of amides is 2. The van der Waals surface area contributed by atoms with Gasteiger partial charge in [-0.2, -0.15) is 0 Å². The van der Waals surface area contributed by atoms with Crippen LogP contribution in [0.3, 0.4) is 0 Å². The number of esters is 1. The van der Waals surface area contributed by atoms with Crippen LogP contribution in [-0.2, 0) is 38.6 Å². The standard InChI is InChI=1S/C44H50N2O6/c1-3-5-20-38(27-33-16-9-6-10-17-33)44(50)52-41(36-21-13-8-14-22-36)30-45-43(49)37(15-4-2)29-42(48)46-39(31-47)28-34-23-25-40(26-24-34)51-32-35-18-11-7-12-19-35/h3-4,6-14,16-19,21-26,37-39,41,47H,1-2,5,15,20,27-32H2,(H,45,49)(H,46,48)/t37-,38-,39+,41+/m1/s1. The van der Waals surface area contributed by atoms with E-state index < -0.39 is 18.1 Å². The van der Waals surface area contributed by atoms with Gasteiger partial charge in [-0.15, -0.1) is 13.2 Å². The van der Waals surface area contributed by atoms with Crippen molar-refractivity contribution in [1.82, 2.24) is 10.6 Å². The summed E-state index contributed by atoms with van der Waals surface area (Å²) in [5.74, 6) is -1.43. The molecule has 0 radical (unpaired) electrons. The maximum absolute atomic E-state index is 13.6. The van der Waals surface area contributed by atoms with E-state index in [0.717, 1.165) is 28.0 Å². The molecule has 4 aromatic rings. The molecular formula is C44H50N2O6. The van der Waals surface area contributed by atoms with Crippen LogP contribution in [0.4, 0.5) is 0 Å². The summed E-state index contributed by atoms with van der Waals surface area (Å²) < 4.78 is 11.9. The highest BCUT2D eigenvalue weighted by molar-refractivity contribution is 5.86. The molecule has 272 valence electrons. The van der Waals surface area contributed by atoms with Gasteiger partial charge < -0.3 is 25.2 Å². The summed E-state index contributed by atoms with van der Waals surface area (Å²) in [6, 6.07) is 36.0. The molecule has 52 heavy (non-hydrogen) atoms. The molecule has 0 unspecified atom stereocenters. The average molecular weight is 703 g/mol. The number of carbonyl (C=O) groups excluding carboxylic acids is 3. The lowest BCUT2D eigenvalue weighted by molar-refractivity contribution is -0.155. The second-order valence-corrected chi connectivity index (χ2v) is 12.8. The van der Waals surface area contributed by atoms with Crippen LogP contribution < -0.4 is 15.4 Å². The summed E-state index contributed by atoms with van der Waals surface area (Å²) in [6.45, 7) is 7.82. The number of allylic oxidation sites excluding steroid dienone is 2.